The van der Waals surface area contributed by atoms with Crippen molar-refractivity contribution in [2.24, 2.45) is 10.9 Å². The summed E-state index contributed by atoms with van der Waals surface area (Å²) in [6.45, 7) is 0. The van der Waals surface area contributed by atoms with Crippen LogP contribution in [-0.2, 0) is 4.84 Å². The van der Waals surface area contributed by atoms with Gasteiger partial charge in [-0.05, 0) is 12.1 Å². The second kappa shape index (κ2) is 7.08. The van der Waals surface area contributed by atoms with E-state index in [1.165, 1.54) is 36.4 Å². The van der Waals surface area contributed by atoms with Gasteiger partial charge < -0.3 is 10.6 Å². The van der Waals surface area contributed by atoms with E-state index in [0.717, 1.165) is 0 Å². The minimum atomic E-state index is -0.894. The molecular weight excluding hydrogens is 345 g/mol. The lowest BCUT2D eigenvalue weighted by molar-refractivity contribution is -0.384. The molecule has 0 saturated carbocycles. The number of carbonyl (C=O) groups is 1. The maximum atomic E-state index is 11.9. The molecule has 0 fully saturated rings. The molecule has 2 aromatic rings. The van der Waals surface area contributed by atoms with Gasteiger partial charge >= 0.3 is 5.97 Å². The maximum Gasteiger partial charge on any atom is 0.368 e. The topological polar surface area (TPSA) is 108 Å². The third-order valence-electron chi connectivity index (χ3n) is 2.75. The Labute approximate surface area is 140 Å². The Morgan fingerprint density at radius 2 is 1.78 bits per heavy atom. The minimum Gasteiger partial charge on any atom is -0.380 e. The summed E-state index contributed by atoms with van der Waals surface area (Å²) < 4.78 is 0. The predicted octanol–water partition coefficient (Wildman–Crippen LogP) is 3.38. The Morgan fingerprint density at radius 1 is 1.17 bits per heavy atom. The predicted molar refractivity (Wildman–Crippen MR) is 85.7 cm³/mol. The van der Waals surface area contributed by atoms with Crippen molar-refractivity contribution in [1.29, 1.82) is 0 Å². The van der Waals surface area contributed by atoms with E-state index in [9.17, 15) is 14.9 Å². The fraction of sp³-hybridized carbons (Fsp3) is 0. The molecule has 0 bridgehead atoms. The summed E-state index contributed by atoms with van der Waals surface area (Å²) >= 11 is 11.7. The smallest absolute Gasteiger partial charge is 0.368 e. The van der Waals surface area contributed by atoms with Crippen LogP contribution < -0.4 is 5.73 Å². The molecule has 0 aromatic heterocycles. The van der Waals surface area contributed by atoms with E-state index in [0.29, 0.717) is 0 Å². The van der Waals surface area contributed by atoms with Crippen molar-refractivity contribution in [1.82, 2.24) is 0 Å². The number of rotatable bonds is 4. The summed E-state index contributed by atoms with van der Waals surface area (Å²) in [6, 6.07) is 9.93. The molecule has 23 heavy (non-hydrogen) atoms. The van der Waals surface area contributed by atoms with Crippen molar-refractivity contribution in [2.75, 3.05) is 0 Å². The molecule has 2 aromatic carbocycles. The first kappa shape index (κ1) is 16.7. The summed E-state index contributed by atoms with van der Waals surface area (Å²) in [6.07, 6.45) is 0. The highest BCUT2D eigenvalue weighted by molar-refractivity contribution is 6.39. The Balaban J connectivity index is 2.21. The molecule has 118 valence electrons. The van der Waals surface area contributed by atoms with E-state index in [-0.39, 0.29) is 32.7 Å². The first-order chi connectivity index (χ1) is 10.9. The van der Waals surface area contributed by atoms with E-state index in [1.807, 2.05) is 0 Å². The van der Waals surface area contributed by atoms with Gasteiger partial charge in [0.2, 0.25) is 0 Å². The number of benzene rings is 2. The third-order valence-corrected chi connectivity index (χ3v) is 3.38. The fourth-order valence-corrected chi connectivity index (χ4v) is 2.21. The van der Waals surface area contributed by atoms with Gasteiger partial charge in [-0.15, -0.1) is 0 Å². The number of nitrogens with zero attached hydrogens (tertiary/aromatic N) is 2. The van der Waals surface area contributed by atoms with E-state index >= 15 is 0 Å². The summed E-state index contributed by atoms with van der Waals surface area (Å²) in [5.74, 6) is -1.10. The first-order valence-electron chi connectivity index (χ1n) is 6.14. The van der Waals surface area contributed by atoms with Crippen molar-refractivity contribution in [3.8, 4) is 0 Å². The summed E-state index contributed by atoms with van der Waals surface area (Å²) in [4.78, 5) is 26.8. The average Bonchev–Trinajstić information content (AvgIpc) is 2.52. The number of hydrogen-bond acceptors (Lipinski definition) is 5. The molecule has 0 aliphatic heterocycles. The standard InChI is InChI=1S/C14H9Cl2N3O4/c15-10-5-2-6-11(16)12(10)14(20)23-18-13(17)8-3-1-4-9(7-8)19(21)22/h1-7H,(H2,17,18). The number of carbonyl (C=O) groups excluding carboxylic acids is 1. The molecule has 0 aliphatic rings. The van der Waals surface area contributed by atoms with Gasteiger partial charge in [0.25, 0.3) is 5.69 Å². The third kappa shape index (κ3) is 3.97. The largest absolute Gasteiger partial charge is 0.380 e. The summed E-state index contributed by atoms with van der Waals surface area (Å²) in [5.41, 5.74) is 5.67. The first-order valence-corrected chi connectivity index (χ1v) is 6.89. The number of nitro benzene ring substituents is 1. The number of hydrogen-bond donors (Lipinski definition) is 1. The molecular formula is C14H9Cl2N3O4. The molecule has 2 rings (SSSR count). The Morgan fingerprint density at radius 3 is 2.39 bits per heavy atom. The fourth-order valence-electron chi connectivity index (χ4n) is 1.66. The van der Waals surface area contributed by atoms with Gasteiger partial charge in [-0.1, -0.05) is 46.6 Å². The lowest BCUT2D eigenvalue weighted by Crippen LogP contribution is -2.15. The minimum absolute atomic E-state index is 0.0496. The van der Waals surface area contributed by atoms with Crippen LogP contribution in [0.15, 0.2) is 47.6 Å². The van der Waals surface area contributed by atoms with Crippen molar-refractivity contribution in [3.63, 3.8) is 0 Å². The van der Waals surface area contributed by atoms with Crippen LogP contribution in [0.2, 0.25) is 10.0 Å². The van der Waals surface area contributed by atoms with Gasteiger partial charge in [0, 0.05) is 17.7 Å². The number of non-ortho nitro benzene ring substituents is 1. The molecule has 0 amide bonds. The monoisotopic (exact) mass is 353 g/mol. The van der Waals surface area contributed by atoms with Crippen LogP contribution >= 0.6 is 23.2 Å². The zero-order valence-corrected chi connectivity index (χ0v) is 12.9. The number of nitro groups is 1. The summed E-state index contributed by atoms with van der Waals surface area (Å²) in [5, 5.41) is 14.4. The molecule has 0 spiro atoms. The molecule has 2 N–H and O–H groups in total. The lowest BCUT2D eigenvalue weighted by Gasteiger charge is -2.04. The molecule has 0 atom stereocenters. The van der Waals surface area contributed by atoms with Crippen LogP contribution in [0.3, 0.4) is 0 Å². The highest BCUT2D eigenvalue weighted by Crippen LogP contribution is 2.25. The quantitative estimate of drug-likeness (QED) is 0.298. The number of halogens is 2. The zero-order chi connectivity index (χ0) is 17.0. The molecule has 0 heterocycles. The highest BCUT2D eigenvalue weighted by atomic mass is 35.5. The molecule has 0 unspecified atom stereocenters. The van der Waals surface area contributed by atoms with E-state index in [4.69, 9.17) is 33.8 Å². The molecule has 0 saturated heterocycles. The number of nitrogens with two attached hydrogens (primary N) is 1. The van der Waals surface area contributed by atoms with Crippen LogP contribution in [0.4, 0.5) is 5.69 Å². The van der Waals surface area contributed by atoms with Crippen molar-refractivity contribution >= 4 is 40.7 Å². The Hall–Kier alpha value is -2.64. The Kier molecular flexibility index (Phi) is 5.15. The van der Waals surface area contributed by atoms with Gasteiger partial charge in [0.1, 0.15) is 0 Å². The van der Waals surface area contributed by atoms with E-state index in [1.54, 1.807) is 6.07 Å². The van der Waals surface area contributed by atoms with Crippen molar-refractivity contribution < 1.29 is 14.6 Å². The summed E-state index contributed by atoms with van der Waals surface area (Å²) in [7, 11) is 0. The normalized spacial score (nSPS) is 11.1. The van der Waals surface area contributed by atoms with Gasteiger partial charge in [-0.25, -0.2) is 4.79 Å². The van der Waals surface area contributed by atoms with Gasteiger partial charge in [-0.2, -0.15) is 0 Å². The molecule has 0 aliphatic carbocycles. The SMILES string of the molecule is N/C(=N/OC(=O)c1c(Cl)cccc1Cl)c1cccc([N+](=O)[O-])c1. The van der Waals surface area contributed by atoms with Crippen molar-refractivity contribution in [3.05, 3.63) is 73.8 Å². The second-order valence-corrected chi connectivity index (χ2v) is 5.07. The van der Waals surface area contributed by atoms with Gasteiger partial charge in [-0.3, -0.25) is 10.1 Å². The zero-order valence-electron chi connectivity index (χ0n) is 11.4. The van der Waals surface area contributed by atoms with Crippen LogP contribution in [-0.4, -0.2) is 16.7 Å². The molecule has 0 radical (unpaired) electrons. The number of amidine groups is 1. The van der Waals surface area contributed by atoms with Crippen LogP contribution in [0.25, 0.3) is 0 Å². The maximum absolute atomic E-state index is 11.9. The molecule has 9 heteroatoms. The second-order valence-electron chi connectivity index (χ2n) is 4.26. The van der Waals surface area contributed by atoms with E-state index in [2.05, 4.69) is 5.16 Å². The lowest BCUT2D eigenvalue weighted by atomic mass is 10.2. The van der Waals surface area contributed by atoms with Gasteiger partial charge in [0.15, 0.2) is 5.84 Å². The van der Waals surface area contributed by atoms with Crippen LogP contribution in [0, 0.1) is 10.1 Å². The molecule has 7 nitrogen and oxygen atoms in total. The highest BCUT2D eigenvalue weighted by Gasteiger charge is 2.17. The Bertz CT molecular complexity index is 788. The van der Waals surface area contributed by atoms with Gasteiger partial charge in [0.05, 0.1) is 20.5 Å². The van der Waals surface area contributed by atoms with E-state index < -0.39 is 10.9 Å². The van der Waals surface area contributed by atoms with Crippen LogP contribution in [0.1, 0.15) is 15.9 Å². The number of oxime groups is 1. The average molecular weight is 354 g/mol. The van der Waals surface area contributed by atoms with Crippen LogP contribution in [0.5, 0.6) is 0 Å². The van der Waals surface area contributed by atoms with Crippen molar-refractivity contribution in [2.45, 2.75) is 0 Å².